The number of furan rings is 1. The second-order valence-electron chi connectivity index (χ2n) is 12.2. The van der Waals surface area contributed by atoms with E-state index in [0.29, 0.717) is 0 Å². The Labute approximate surface area is 279 Å². The fourth-order valence-corrected chi connectivity index (χ4v) is 6.88. The first-order valence-electron chi connectivity index (χ1n) is 16.3. The average molecular weight is 614 g/mol. The molecule has 0 atom stereocenters. The zero-order chi connectivity index (χ0) is 31.9. The lowest BCUT2D eigenvalue weighted by atomic mass is 9.95. The summed E-state index contributed by atoms with van der Waals surface area (Å²) in [5.74, 6) is 0. The van der Waals surface area contributed by atoms with Crippen molar-refractivity contribution in [3.63, 3.8) is 0 Å². The molecule has 1 aromatic heterocycles. The van der Waals surface area contributed by atoms with E-state index in [2.05, 4.69) is 181 Å². The Kier molecular flexibility index (Phi) is 6.84. The minimum Gasteiger partial charge on any atom is -0.456 e. The van der Waals surface area contributed by atoms with E-state index in [9.17, 15) is 0 Å². The fraction of sp³-hybridized carbons (Fsp3) is 0. The van der Waals surface area contributed by atoms with Crippen molar-refractivity contribution >= 4 is 49.8 Å². The molecule has 48 heavy (non-hydrogen) atoms. The number of para-hydroxylation sites is 1. The van der Waals surface area contributed by atoms with E-state index < -0.39 is 0 Å². The molecule has 0 fully saturated rings. The number of fused-ring (bicyclic) bond motifs is 4. The van der Waals surface area contributed by atoms with E-state index in [1.54, 1.807) is 0 Å². The van der Waals surface area contributed by atoms with Crippen molar-refractivity contribution in [1.82, 2.24) is 0 Å². The van der Waals surface area contributed by atoms with Crippen LogP contribution in [0.25, 0.3) is 66.1 Å². The van der Waals surface area contributed by atoms with Gasteiger partial charge >= 0.3 is 0 Å². The summed E-state index contributed by atoms with van der Waals surface area (Å²) in [6, 6.07) is 67.0. The predicted molar refractivity (Wildman–Crippen MR) is 202 cm³/mol. The summed E-state index contributed by atoms with van der Waals surface area (Å²) in [7, 11) is 0. The molecule has 0 aliphatic rings. The smallest absolute Gasteiger partial charge is 0.135 e. The Balaban J connectivity index is 1.12. The van der Waals surface area contributed by atoms with Crippen LogP contribution >= 0.6 is 0 Å². The Morgan fingerprint density at radius 3 is 1.65 bits per heavy atom. The van der Waals surface area contributed by atoms with Crippen molar-refractivity contribution in [2.45, 2.75) is 0 Å². The SMILES string of the molecule is c1ccc(-c2ccc(N(c3ccc(-c4cccc(-c5cccc6ccccc56)c4)cc3)c3ccc4oc5ccccc5c4c3)cc2)cc1. The number of hydrogen-bond acceptors (Lipinski definition) is 2. The second-order valence-corrected chi connectivity index (χ2v) is 12.2. The van der Waals surface area contributed by atoms with Crippen molar-refractivity contribution in [1.29, 1.82) is 0 Å². The molecule has 0 radical (unpaired) electrons. The van der Waals surface area contributed by atoms with Crippen LogP contribution in [0.5, 0.6) is 0 Å². The van der Waals surface area contributed by atoms with Gasteiger partial charge in [-0.3, -0.25) is 0 Å². The quantitative estimate of drug-likeness (QED) is 0.185. The summed E-state index contributed by atoms with van der Waals surface area (Å²) in [5.41, 5.74) is 12.3. The lowest BCUT2D eigenvalue weighted by Crippen LogP contribution is -2.09. The molecule has 0 aliphatic heterocycles. The molecule has 0 saturated carbocycles. The van der Waals surface area contributed by atoms with Crippen LogP contribution in [-0.4, -0.2) is 0 Å². The summed E-state index contributed by atoms with van der Waals surface area (Å²) in [5, 5.41) is 4.75. The third-order valence-electron chi connectivity index (χ3n) is 9.27. The molecule has 0 bridgehead atoms. The van der Waals surface area contributed by atoms with Gasteiger partial charge in [0.2, 0.25) is 0 Å². The maximum Gasteiger partial charge on any atom is 0.135 e. The number of benzene rings is 8. The van der Waals surface area contributed by atoms with Crippen molar-refractivity contribution in [2.75, 3.05) is 4.90 Å². The maximum atomic E-state index is 6.17. The van der Waals surface area contributed by atoms with E-state index in [1.807, 2.05) is 12.1 Å². The molecule has 0 amide bonds. The Morgan fingerprint density at radius 2 is 0.854 bits per heavy atom. The first-order valence-corrected chi connectivity index (χ1v) is 16.3. The highest BCUT2D eigenvalue weighted by Gasteiger charge is 2.16. The van der Waals surface area contributed by atoms with Crippen LogP contribution in [0.3, 0.4) is 0 Å². The van der Waals surface area contributed by atoms with E-state index in [0.717, 1.165) is 39.0 Å². The van der Waals surface area contributed by atoms with Crippen LogP contribution in [0, 0.1) is 0 Å². The van der Waals surface area contributed by atoms with Gasteiger partial charge in [-0.2, -0.15) is 0 Å². The van der Waals surface area contributed by atoms with Crippen LogP contribution < -0.4 is 4.90 Å². The fourth-order valence-electron chi connectivity index (χ4n) is 6.88. The van der Waals surface area contributed by atoms with E-state index in [1.165, 1.54) is 44.2 Å². The average Bonchev–Trinajstić information content (AvgIpc) is 3.54. The molecule has 9 rings (SSSR count). The predicted octanol–water partition coefficient (Wildman–Crippen LogP) is 13.2. The van der Waals surface area contributed by atoms with E-state index >= 15 is 0 Å². The van der Waals surface area contributed by atoms with Crippen LogP contribution in [-0.2, 0) is 0 Å². The Hall–Kier alpha value is -6.38. The zero-order valence-corrected chi connectivity index (χ0v) is 26.3. The maximum absolute atomic E-state index is 6.17. The summed E-state index contributed by atoms with van der Waals surface area (Å²) in [6.07, 6.45) is 0. The molecule has 0 N–H and O–H groups in total. The molecule has 0 saturated heterocycles. The van der Waals surface area contributed by atoms with Crippen LogP contribution in [0.1, 0.15) is 0 Å². The van der Waals surface area contributed by atoms with Crippen molar-refractivity contribution in [2.24, 2.45) is 0 Å². The number of nitrogens with zero attached hydrogens (tertiary/aromatic N) is 1. The van der Waals surface area contributed by atoms with Crippen LogP contribution in [0.4, 0.5) is 17.1 Å². The monoisotopic (exact) mass is 613 g/mol. The normalized spacial score (nSPS) is 11.3. The standard InChI is InChI=1S/C46H31NO/c1-2-10-32(11-3-1)33-20-24-38(25-21-33)47(40-28-29-46-44(31-40)43-17-6-7-19-45(43)48-46)39-26-22-34(23-27-39)36-14-8-15-37(30-36)42-18-9-13-35-12-4-5-16-41(35)42/h1-31H. The van der Waals surface area contributed by atoms with Crippen molar-refractivity contribution < 1.29 is 4.42 Å². The molecule has 2 nitrogen and oxygen atoms in total. The van der Waals surface area contributed by atoms with Gasteiger partial charge in [-0.1, -0.05) is 133 Å². The van der Waals surface area contributed by atoms with Gasteiger partial charge in [-0.15, -0.1) is 0 Å². The molecule has 9 aromatic rings. The van der Waals surface area contributed by atoms with Gasteiger partial charge in [0.05, 0.1) is 0 Å². The summed E-state index contributed by atoms with van der Waals surface area (Å²) >= 11 is 0. The van der Waals surface area contributed by atoms with Crippen LogP contribution in [0.15, 0.2) is 192 Å². The number of rotatable bonds is 6. The second kappa shape index (κ2) is 11.8. The van der Waals surface area contributed by atoms with Crippen molar-refractivity contribution in [3.8, 4) is 33.4 Å². The summed E-state index contributed by atoms with van der Waals surface area (Å²) in [4.78, 5) is 2.33. The molecule has 1 heterocycles. The lowest BCUT2D eigenvalue weighted by molar-refractivity contribution is 0.669. The lowest BCUT2D eigenvalue weighted by Gasteiger charge is -2.26. The highest BCUT2D eigenvalue weighted by Crippen LogP contribution is 2.40. The number of anilines is 3. The van der Waals surface area contributed by atoms with Gasteiger partial charge < -0.3 is 9.32 Å². The van der Waals surface area contributed by atoms with Crippen LogP contribution in [0.2, 0.25) is 0 Å². The van der Waals surface area contributed by atoms with Gasteiger partial charge in [-0.05, 0) is 98.8 Å². The number of hydrogen-bond donors (Lipinski definition) is 0. The molecule has 0 spiro atoms. The van der Waals surface area contributed by atoms with Gasteiger partial charge in [0.25, 0.3) is 0 Å². The van der Waals surface area contributed by atoms with Crippen molar-refractivity contribution in [3.05, 3.63) is 188 Å². The molecule has 0 unspecified atom stereocenters. The first-order chi connectivity index (χ1) is 23.8. The van der Waals surface area contributed by atoms with Gasteiger partial charge in [0, 0.05) is 27.8 Å². The minimum atomic E-state index is 0.890. The first kappa shape index (κ1) is 27.9. The Bertz CT molecular complexity index is 2540. The molecular weight excluding hydrogens is 583 g/mol. The van der Waals surface area contributed by atoms with Gasteiger partial charge in [-0.25, -0.2) is 0 Å². The molecular formula is C46H31NO. The topological polar surface area (TPSA) is 16.4 Å². The van der Waals surface area contributed by atoms with E-state index in [-0.39, 0.29) is 0 Å². The highest BCUT2D eigenvalue weighted by molar-refractivity contribution is 6.06. The molecule has 2 heteroatoms. The van der Waals surface area contributed by atoms with Gasteiger partial charge in [0.15, 0.2) is 0 Å². The Morgan fingerprint density at radius 1 is 0.312 bits per heavy atom. The molecule has 226 valence electrons. The third-order valence-corrected chi connectivity index (χ3v) is 9.27. The zero-order valence-electron chi connectivity index (χ0n) is 26.3. The molecule has 0 aliphatic carbocycles. The highest BCUT2D eigenvalue weighted by atomic mass is 16.3. The summed E-state index contributed by atoms with van der Waals surface area (Å²) < 4.78 is 6.17. The van der Waals surface area contributed by atoms with E-state index in [4.69, 9.17) is 4.42 Å². The van der Waals surface area contributed by atoms with Gasteiger partial charge in [0.1, 0.15) is 11.2 Å². The third kappa shape index (κ3) is 5.01. The largest absolute Gasteiger partial charge is 0.456 e. The molecule has 8 aromatic carbocycles. The minimum absolute atomic E-state index is 0.890. The summed E-state index contributed by atoms with van der Waals surface area (Å²) in [6.45, 7) is 0.